The van der Waals surface area contributed by atoms with Gasteiger partial charge in [-0.05, 0) is 86.0 Å². The van der Waals surface area contributed by atoms with Crippen molar-refractivity contribution in [1.82, 2.24) is 0 Å². The fraction of sp³-hybridized carbons (Fsp3) is 0.182. The molecule has 0 spiro atoms. The molecule has 0 unspecified atom stereocenters. The van der Waals surface area contributed by atoms with E-state index in [0.29, 0.717) is 11.1 Å². The predicted octanol–water partition coefficient (Wildman–Crippen LogP) is 7.46. The van der Waals surface area contributed by atoms with E-state index in [4.69, 9.17) is 21.1 Å². The van der Waals surface area contributed by atoms with E-state index in [-0.39, 0.29) is 44.7 Å². The molecule has 4 aromatic rings. The van der Waals surface area contributed by atoms with Crippen LogP contribution in [0.15, 0.2) is 89.8 Å². The fourth-order valence-electron chi connectivity index (χ4n) is 4.98. The quantitative estimate of drug-likeness (QED) is 0.0841. The molecule has 4 aromatic carbocycles. The molecule has 1 aliphatic rings. The number of nitrogens with zero attached hydrogens (tertiary/aromatic N) is 2. The molecule has 5 rings (SSSR count). The number of hydrogen-bond acceptors (Lipinski definition) is 7. The minimum absolute atomic E-state index is 0.0693. The van der Waals surface area contributed by atoms with E-state index in [9.17, 15) is 27.7 Å². The number of anilines is 1. The van der Waals surface area contributed by atoms with Gasteiger partial charge in [-0.3, -0.25) is 14.4 Å². The van der Waals surface area contributed by atoms with Crippen LogP contribution in [-0.2, 0) is 14.8 Å². The first-order valence-corrected chi connectivity index (χ1v) is 15.6. The molecule has 0 saturated heterocycles. The minimum Gasteiger partial charge on any atom is -0.482 e. The number of fused-ring (bicyclic) bond motifs is 1. The van der Waals surface area contributed by atoms with Gasteiger partial charge in [0.15, 0.2) is 6.10 Å². The lowest BCUT2D eigenvalue weighted by Gasteiger charge is -2.37. The van der Waals surface area contributed by atoms with Crippen molar-refractivity contribution in [3.05, 3.63) is 128 Å². The zero-order valence-corrected chi connectivity index (χ0v) is 26.0. The minimum atomic E-state index is -4.12. The van der Waals surface area contributed by atoms with Crippen LogP contribution in [0.3, 0.4) is 0 Å². The number of rotatable bonds is 8. The molecule has 1 heterocycles. The molecular weight excluding hydrogens is 623 g/mol. The number of esters is 1. The number of non-ortho nitro benzene ring substituents is 1. The van der Waals surface area contributed by atoms with Crippen molar-refractivity contribution in [3.8, 4) is 5.75 Å². The highest BCUT2D eigenvalue weighted by molar-refractivity contribution is 7.92. The van der Waals surface area contributed by atoms with E-state index in [1.807, 2.05) is 0 Å². The largest absolute Gasteiger partial charge is 0.482 e. The predicted molar refractivity (Wildman–Crippen MR) is 169 cm³/mol. The summed E-state index contributed by atoms with van der Waals surface area (Å²) in [7, 11) is -4.12. The molecule has 0 aromatic heterocycles. The van der Waals surface area contributed by atoms with Crippen molar-refractivity contribution in [2.45, 2.75) is 37.9 Å². The first-order chi connectivity index (χ1) is 21.3. The second kappa shape index (κ2) is 12.7. The molecule has 0 amide bonds. The Morgan fingerprint density at radius 2 is 1.82 bits per heavy atom. The third-order valence-electron chi connectivity index (χ3n) is 7.32. The van der Waals surface area contributed by atoms with Gasteiger partial charge in [-0.2, -0.15) is 0 Å². The van der Waals surface area contributed by atoms with Crippen molar-refractivity contribution < 1.29 is 32.0 Å². The maximum atomic E-state index is 14.6. The van der Waals surface area contributed by atoms with E-state index >= 15 is 0 Å². The average Bonchev–Trinajstić information content (AvgIpc) is 3.00. The van der Waals surface area contributed by atoms with Crippen LogP contribution in [-0.4, -0.2) is 38.1 Å². The highest BCUT2D eigenvalue weighted by atomic mass is 35.5. The second-order valence-electron chi connectivity index (χ2n) is 10.6. The number of ether oxygens (including phenoxy) is 2. The molecule has 0 bridgehead atoms. The molecule has 232 valence electrons. The van der Waals surface area contributed by atoms with Crippen molar-refractivity contribution in [2.24, 2.45) is 0 Å². The van der Waals surface area contributed by atoms with Crippen LogP contribution in [0.2, 0.25) is 5.02 Å². The molecule has 0 fully saturated rings. The van der Waals surface area contributed by atoms with Gasteiger partial charge in [0.05, 0.1) is 32.6 Å². The summed E-state index contributed by atoms with van der Waals surface area (Å²) in [5.41, 5.74) is 2.27. The molecule has 45 heavy (non-hydrogen) atoms. The summed E-state index contributed by atoms with van der Waals surface area (Å²) >= 11 is 6.26. The van der Waals surface area contributed by atoms with Crippen LogP contribution in [0.1, 0.15) is 40.9 Å². The average molecular weight is 651 g/mol. The van der Waals surface area contributed by atoms with Gasteiger partial charge in [-0.1, -0.05) is 41.9 Å². The molecular formula is C33H28ClFN2O7S. The SMILES string of the molecule is C/C(=C\c1ccc2c(c1)N(S(=O)(=O)c1cccc(C)c1)C[C@@H]([C@@H](C)OC(=O)c1ccc([N+](=O)[O-])cc1)O2)c1c(F)cccc1Cl. The number of carbonyl (C=O) groups excluding carboxylic acids is 1. The Bertz CT molecular complexity index is 1910. The van der Waals surface area contributed by atoms with Gasteiger partial charge in [0, 0.05) is 17.7 Å². The lowest BCUT2D eigenvalue weighted by atomic mass is 10.0. The monoisotopic (exact) mass is 650 g/mol. The second-order valence-corrected chi connectivity index (χ2v) is 12.8. The first kappa shape index (κ1) is 31.7. The Labute approximate surface area is 264 Å². The fourth-order valence-corrected chi connectivity index (χ4v) is 6.88. The van der Waals surface area contributed by atoms with Crippen molar-refractivity contribution >= 4 is 50.6 Å². The maximum Gasteiger partial charge on any atom is 0.338 e. The lowest BCUT2D eigenvalue weighted by molar-refractivity contribution is -0.384. The lowest BCUT2D eigenvalue weighted by Crippen LogP contribution is -2.49. The number of nitro benzene ring substituents is 1. The van der Waals surface area contributed by atoms with Gasteiger partial charge in [0.25, 0.3) is 15.7 Å². The molecule has 0 radical (unpaired) electrons. The van der Waals surface area contributed by atoms with Gasteiger partial charge in [-0.15, -0.1) is 0 Å². The van der Waals surface area contributed by atoms with E-state index in [1.54, 1.807) is 69.3 Å². The third-order valence-corrected chi connectivity index (χ3v) is 9.41. The van der Waals surface area contributed by atoms with Crippen molar-refractivity contribution in [1.29, 1.82) is 0 Å². The number of allylic oxidation sites excluding steroid dienone is 1. The van der Waals surface area contributed by atoms with Gasteiger partial charge in [-0.25, -0.2) is 17.6 Å². The Hall–Kier alpha value is -4.74. The number of benzene rings is 4. The normalized spacial score (nSPS) is 15.5. The standard InChI is InChI=1S/C33H28ClFN2O7S/c1-20-6-4-7-26(16-20)45(41,42)36-19-31(22(3)43-33(38)24-11-13-25(14-12-24)37(39)40)44-30-15-10-23(18-29(30)36)17-21(2)32-27(34)8-5-9-28(32)35/h4-18,22,31H,19H2,1-3H3/b21-17+/t22-,31+/m1/s1. The van der Waals surface area contributed by atoms with Crippen LogP contribution in [0.5, 0.6) is 5.75 Å². The van der Waals surface area contributed by atoms with Crippen LogP contribution in [0, 0.1) is 22.9 Å². The van der Waals surface area contributed by atoms with E-state index in [1.165, 1.54) is 46.8 Å². The number of halogens is 2. The molecule has 9 nitrogen and oxygen atoms in total. The molecule has 0 N–H and O–H groups in total. The Kier molecular flexibility index (Phi) is 8.94. The summed E-state index contributed by atoms with van der Waals surface area (Å²) in [6, 6.07) is 20.8. The number of hydrogen-bond donors (Lipinski definition) is 0. The van der Waals surface area contributed by atoms with Crippen LogP contribution < -0.4 is 9.04 Å². The third kappa shape index (κ3) is 6.69. The van der Waals surface area contributed by atoms with Gasteiger partial charge >= 0.3 is 5.97 Å². The molecule has 0 saturated carbocycles. The van der Waals surface area contributed by atoms with Gasteiger partial charge < -0.3 is 9.47 Å². The highest BCUT2D eigenvalue weighted by Crippen LogP contribution is 2.40. The van der Waals surface area contributed by atoms with Crippen molar-refractivity contribution in [3.63, 3.8) is 0 Å². The van der Waals surface area contributed by atoms with Crippen LogP contribution >= 0.6 is 11.6 Å². The smallest absolute Gasteiger partial charge is 0.338 e. The summed E-state index contributed by atoms with van der Waals surface area (Å²) in [6.45, 7) is 4.88. The Balaban J connectivity index is 1.50. The first-order valence-electron chi connectivity index (χ1n) is 13.8. The number of carbonyl (C=O) groups is 1. The van der Waals surface area contributed by atoms with Crippen LogP contribution in [0.25, 0.3) is 11.6 Å². The van der Waals surface area contributed by atoms with E-state index in [2.05, 4.69) is 0 Å². The van der Waals surface area contributed by atoms with Crippen LogP contribution in [0.4, 0.5) is 15.8 Å². The van der Waals surface area contributed by atoms with E-state index < -0.39 is 38.9 Å². The number of aryl methyl sites for hydroxylation is 1. The number of sulfonamides is 1. The Morgan fingerprint density at radius 1 is 1.11 bits per heavy atom. The molecule has 2 atom stereocenters. The zero-order chi connectivity index (χ0) is 32.5. The summed E-state index contributed by atoms with van der Waals surface area (Å²) in [4.78, 5) is 23.3. The maximum absolute atomic E-state index is 14.6. The van der Waals surface area contributed by atoms with E-state index in [0.717, 1.165) is 5.56 Å². The highest BCUT2D eigenvalue weighted by Gasteiger charge is 2.38. The zero-order valence-electron chi connectivity index (χ0n) is 24.4. The van der Waals surface area contributed by atoms with Gasteiger partial charge in [0.2, 0.25) is 0 Å². The summed E-state index contributed by atoms with van der Waals surface area (Å²) in [5.74, 6) is -0.997. The topological polar surface area (TPSA) is 116 Å². The van der Waals surface area contributed by atoms with Crippen molar-refractivity contribution in [2.75, 3.05) is 10.8 Å². The summed E-state index contributed by atoms with van der Waals surface area (Å²) in [5, 5.41) is 11.2. The molecule has 0 aliphatic carbocycles. The summed E-state index contributed by atoms with van der Waals surface area (Å²) < 4.78 is 55.7. The molecule has 12 heteroatoms. The summed E-state index contributed by atoms with van der Waals surface area (Å²) in [6.07, 6.45) is -0.122. The number of nitro groups is 1. The molecule has 1 aliphatic heterocycles. The Morgan fingerprint density at radius 3 is 2.49 bits per heavy atom. The van der Waals surface area contributed by atoms with Gasteiger partial charge in [0.1, 0.15) is 17.7 Å².